The molecule has 1 rings (SSSR count). The second-order valence-electron chi connectivity index (χ2n) is 2.81. The Morgan fingerprint density at radius 3 is 0.846 bits per heavy atom. The average molecular weight is 216 g/mol. The molecule has 0 aromatic carbocycles. The summed E-state index contributed by atoms with van der Waals surface area (Å²) in [7, 11) is 0. The molecule has 0 aliphatic carbocycles. The van der Waals surface area contributed by atoms with E-state index in [-0.39, 0.29) is 76.5 Å². The summed E-state index contributed by atoms with van der Waals surface area (Å²) in [4.78, 5) is 0. The van der Waals surface area contributed by atoms with Crippen LogP contribution in [0.5, 0.6) is 0 Å². The molecule has 0 spiro atoms. The first-order chi connectivity index (χ1) is 5.58. The van der Waals surface area contributed by atoms with E-state index in [9.17, 15) is 0 Å². The van der Waals surface area contributed by atoms with E-state index < -0.39 is 0 Å². The van der Waals surface area contributed by atoms with Gasteiger partial charge in [-0.1, -0.05) is 0 Å². The first-order valence-electron chi connectivity index (χ1n) is 4.20. The Morgan fingerprint density at radius 1 is 0.538 bits per heavy atom. The second-order valence-corrected chi connectivity index (χ2v) is 2.81. The molecule has 0 N–H and O–H groups in total. The summed E-state index contributed by atoms with van der Waals surface area (Å²) in [6, 6.07) is 0. The van der Waals surface area contributed by atoms with Crippen molar-refractivity contribution in [1.82, 2.24) is 0 Å². The molecule has 1 aliphatic heterocycles. The van der Waals surface area contributed by atoms with Crippen molar-refractivity contribution < 1.29 is 18.9 Å². The van der Waals surface area contributed by atoms with Gasteiger partial charge in [-0.05, 0) is 27.7 Å². The molecule has 5 heteroatoms. The quantitative estimate of drug-likeness (QED) is 0.561. The van der Waals surface area contributed by atoms with Crippen molar-refractivity contribution in [1.29, 1.82) is 0 Å². The van der Waals surface area contributed by atoms with Crippen LogP contribution in [0.3, 0.4) is 0 Å². The van der Waals surface area contributed by atoms with Crippen LogP contribution in [0, 0.1) is 0 Å². The summed E-state index contributed by atoms with van der Waals surface area (Å²) in [6.07, 6.45) is -1.16. The van der Waals surface area contributed by atoms with E-state index in [0.717, 1.165) is 0 Å². The van der Waals surface area contributed by atoms with Crippen molar-refractivity contribution in [2.45, 2.75) is 52.9 Å². The molecule has 1 fully saturated rings. The number of ether oxygens (including phenoxy) is 4. The molecule has 1 heterocycles. The van der Waals surface area contributed by atoms with Gasteiger partial charge in [0.1, 0.15) is 0 Å². The molecule has 74 valence electrons. The molecule has 0 atom stereocenters. The molecule has 0 bridgehead atoms. The summed E-state index contributed by atoms with van der Waals surface area (Å²) < 4.78 is 21.2. The maximum atomic E-state index is 5.31. The van der Waals surface area contributed by atoms with Crippen LogP contribution in [-0.4, -0.2) is 76.5 Å². The van der Waals surface area contributed by atoms with Gasteiger partial charge in [-0.25, -0.2) is 0 Å². The van der Waals surface area contributed by atoms with Gasteiger partial charge >= 0.3 is 51.4 Å². The van der Waals surface area contributed by atoms with Crippen LogP contribution in [0.4, 0.5) is 0 Å². The first-order valence-corrected chi connectivity index (χ1v) is 4.20. The van der Waals surface area contributed by atoms with Gasteiger partial charge in [0.25, 0.3) is 0 Å². The van der Waals surface area contributed by atoms with Crippen molar-refractivity contribution in [3.63, 3.8) is 0 Å². The third-order valence-corrected chi connectivity index (χ3v) is 1.53. The van der Waals surface area contributed by atoms with Crippen LogP contribution in [-0.2, 0) is 18.9 Å². The van der Waals surface area contributed by atoms with E-state index >= 15 is 0 Å². The molecule has 0 unspecified atom stereocenters. The van der Waals surface area contributed by atoms with E-state index in [0.29, 0.717) is 0 Å². The fourth-order valence-electron chi connectivity index (χ4n) is 1.21. The molecule has 4 nitrogen and oxygen atoms in total. The fraction of sp³-hybridized carbons (Fsp3) is 1.00. The number of hydrogen-bond acceptors (Lipinski definition) is 4. The topological polar surface area (TPSA) is 36.9 Å². The van der Waals surface area contributed by atoms with Crippen LogP contribution >= 0.6 is 0 Å². The van der Waals surface area contributed by atoms with Gasteiger partial charge in [-0.2, -0.15) is 0 Å². The van der Waals surface area contributed by atoms with Crippen molar-refractivity contribution in [3.8, 4) is 0 Å². The van der Waals surface area contributed by atoms with Crippen LogP contribution < -0.4 is 0 Å². The Kier molecular flexibility index (Phi) is 7.65. The minimum absolute atomic E-state index is 0. The van der Waals surface area contributed by atoms with E-state index in [1.807, 2.05) is 27.7 Å². The number of hydrogen-bond donors (Lipinski definition) is 0. The van der Waals surface area contributed by atoms with Crippen LogP contribution in [0.2, 0.25) is 0 Å². The van der Waals surface area contributed by atoms with Gasteiger partial charge in [-0.15, -0.1) is 0 Å². The number of rotatable bonds is 0. The molecule has 0 saturated carbocycles. The normalized spacial score (nSPS) is 41.5. The van der Waals surface area contributed by atoms with Gasteiger partial charge in [0, 0.05) is 0 Å². The monoisotopic (exact) mass is 216 g/mol. The molecule has 13 heavy (non-hydrogen) atoms. The van der Waals surface area contributed by atoms with Gasteiger partial charge in [0.05, 0.1) is 0 Å². The zero-order chi connectivity index (χ0) is 9.14. The minimum atomic E-state index is -0.289. The molecule has 1 saturated heterocycles. The van der Waals surface area contributed by atoms with Gasteiger partial charge in [-0.3, -0.25) is 0 Å². The summed E-state index contributed by atoms with van der Waals surface area (Å²) in [5.74, 6) is 0. The molecular weight excluding hydrogens is 199 g/mol. The Hall–Kier alpha value is 1.48. The molecular formula is C8H17KO4. The molecule has 1 aliphatic rings. The van der Waals surface area contributed by atoms with Crippen molar-refractivity contribution in [3.05, 3.63) is 0 Å². The van der Waals surface area contributed by atoms with E-state index in [1.54, 1.807) is 0 Å². The Morgan fingerprint density at radius 2 is 0.692 bits per heavy atom. The Bertz CT molecular complexity index is 104. The van der Waals surface area contributed by atoms with Crippen molar-refractivity contribution >= 4 is 51.4 Å². The van der Waals surface area contributed by atoms with Crippen LogP contribution in [0.15, 0.2) is 0 Å². The Balaban J connectivity index is 0.00000144. The Labute approximate surface area is 122 Å². The zero-order valence-corrected chi connectivity index (χ0v) is 7.94. The third kappa shape index (κ3) is 5.81. The summed E-state index contributed by atoms with van der Waals surface area (Å²) in [5.41, 5.74) is 0. The molecule has 0 radical (unpaired) electrons. The van der Waals surface area contributed by atoms with Crippen molar-refractivity contribution in [2.24, 2.45) is 0 Å². The van der Waals surface area contributed by atoms with Gasteiger partial charge in [0.15, 0.2) is 25.2 Å². The molecule has 0 aromatic rings. The maximum absolute atomic E-state index is 5.31. The summed E-state index contributed by atoms with van der Waals surface area (Å²) >= 11 is 0. The predicted molar refractivity (Wildman–Crippen MR) is 49.3 cm³/mol. The van der Waals surface area contributed by atoms with Crippen LogP contribution in [0.1, 0.15) is 27.7 Å². The van der Waals surface area contributed by atoms with Crippen LogP contribution in [0.25, 0.3) is 0 Å². The standard InChI is InChI=1S/C8H16O4.K.H/c1-5-9-6(2)11-8(4)12-7(3)10-5;;/h5-8H,1-4H3;;. The third-order valence-electron chi connectivity index (χ3n) is 1.53. The zero-order valence-electron chi connectivity index (χ0n) is 7.94. The SMILES string of the molecule is CC1OC(C)OC(C)OC(C)O1.[KH]. The fourth-order valence-corrected chi connectivity index (χ4v) is 1.21. The molecule has 0 amide bonds. The van der Waals surface area contributed by atoms with E-state index in [2.05, 4.69) is 0 Å². The van der Waals surface area contributed by atoms with Gasteiger partial charge < -0.3 is 18.9 Å². The molecule has 0 aromatic heterocycles. The summed E-state index contributed by atoms with van der Waals surface area (Å²) in [5, 5.41) is 0. The average Bonchev–Trinajstić information content (AvgIpc) is 1.81. The first kappa shape index (κ1) is 14.5. The summed E-state index contributed by atoms with van der Waals surface area (Å²) in [6.45, 7) is 7.26. The van der Waals surface area contributed by atoms with E-state index in [4.69, 9.17) is 18.9 Å². The van der Waals surface area contributed by atoms with Crippen molar-refractivity contribution in [2.75, 3.05) is 0 Å². The van der Waals surface area contributed by atoms with E-state index in [1.165, 1.54) is 0 Å². The van der Waals surface area contributed by atoms with Gasteiger partial charge in [0.2, 0.25) is 0 Å². The second kappa shape index (κ2) is 6.87. The predicted octanol–water partition coefficient (Wildman–Crippen LogP) is 0.802.